The summed E-state index contributed by atoms with van der Waals surface area (Å²) in [7, 11) is 0. The Hall–Kier alpha value is -1.39. The van der Waals surface area contributed by atoms with Crippen molar-refractivity contribution in [1.29, 1.82) is 0 Å². The molecular weight excluding hydrogens is 288 g/mol. The first-order chi connectivity index (χ1) is 11.1. The number of carbonyl (C=O) groups is 1. The van der Waals surface area contributed by atoms with Crippen LogP contribution in [0.5, 0.6) is 0 Å². The number of nitrogens with one attached hydrogen (secondary N) is 1. The number of hydrogen-bond donors (Lipinski definition) is 2. The van der Waals surface area contributed by atoms with Gasteiger partial charge in [-0.05, 0) is 44.6 Å². The fraction of sp³-hybridized carbons (Fsp3) is 0.632. The Morgan fingerprint density at radius 3 is 2.74 bits per heavy atom. The van der Waals surface area contributed by atoms with E-state index < -0.39 is 0 Å². The van der Waals surface area contributed by atoms with Gasteiger partial charge in [0.1, 0.15) is 0 Å². The lowest BCUT2D eigenvalue weighted by Gasteiger charge is -2.32. The van der Waals surface area contributed by atoms with Crippen LogP contribution in [0.4, 0.5) is 0 Å². The van der Waals surface area contributed by atoms with E-state index in [0.717, 1.165) is 38.7 Å². The Kier molecular flexibility index (Phi) is 5.34. The van der Waals surface area contributed by atoms with Gasteiger partial charge in [0.2, 0.25) is 5.91 Å². The molecule has 4 atom stereocenters. The molecule has 3 rings (SSSR count). The molecular formula is C19H28N2O2. The van der Waals surface area contributed by atoms with Gasteiger partial charge < -0.3 is 15.8 Å². The van der Waals surface area contributed by atoms with E-state index in [4.69, 9.17) is 10.5 Å². The van der Waals surface area contributed by atoms with Crippen molar-refractivity contribution in [3.05, 3.63) is 35.4 Å². The quantitative estimate of drug-likeness (QED) is 0.897. The Balaban J connectivity index is 1.58. The second-order valence-electron chi connectivity index (χ2n) is 7.12. The molecule has 1 aliphatic carbocycles. The van der Waals surface area contributed by atoms with E-state index in [1.165, 1.54) is 11.1 Å². The van der Waals surface area contributed by atoms with E-state index in [0.29, 0.717) is 12.5 Å². The number of carbonyl (C=O) groups excluding carboxylic acids is 1. The van der Waals surface area contributed by atoms with Crippen molar-refractivity contribution in [2.75, 3.05) is 13.2 Å². The number of benzene rings is 1. The van der Waals surface area contributed by atoms with Gasteiger partial charge in [0, 0.05) is 31.0 Å². The molecule has 1 saturated carbocycles. The predicted molar refractivity (Wildman–Crippen MR) is 90.9 cm³/mol. The average molecular weight is 316 g/mol. The van der Waals surface area contributed by atoms with Crippen LogP contribution in [-0.4, -0.2) is 25.1 Å². The zero-order chi connectivity index (χ0) is 16.2. The van der Waals surface area contributed by atoms with Crippen molar-refractivity contribution in [3.63, 3.8) is 0 Å². The summed E-state index contributed by atoms with van der Waals surface area (Å²) in [6.07, 6.45) is 4.98. The highest BCUT2D eigenvalue weighted by Crippen LogP contribution is 2.33. The van der Waals surface area contributed by atoms with E-state index in [9.17, 15) is 4.79 Å². The molecule has 1 amide bonds. The number of nitrogens with two attached hydrogens (primary N) is 1. The number of hydrogen-bond acceptors (Lipinski definition) is 3. The SMILES string of the molecule is Cc1ccc(C2OCCCC2CNC(=O)C2CCC(N)C2)cc1. The lowest BCUT2D eigenvalue weighted by atomic mass is 9.89. The van der Waals surface area contributed by atoms with E-state index >= 15 is 0 Å². The molecule has 23 heavy (non-hydrogen) atoms. The Bertz CT molecular complexity index is 529. The second kappa shape index (κ2) is 7.45. The van der Waals surface area contributed by atoms with Crippen LogP contribution in [0.2, 0.25) is 0 Å². The molecule has 1 aromatic carbocycles. The fourth-order valence-electron chi connectivity index (χ4n) is 3.81. The largest absolute Gasteiger partial charge is 0.373 e. The van der Waals surface area contributed by atoms with Crippen LogP contribution in [0.15, 0.2) is 24.3 Å². The first kappa shape index (κ1) is 16.5. The van der Waals surface area contributed by atoms with Crippen molar-refractivity contribution in [2.24, 2.45) is 17.6 Å². The van der Waals surface area contributed by atoms with Crippen molar-refractivity contribution >= 4 is 5.91 Å². The van der Waals surface area contributed by atoms with Gasteiger partial charge in [0.15, 0.2) is 0 Å². The third kappa shape index (κ3) is 4.12. The average Bonchev–Trinajstić information content (AvgIpc) is 3.00. The Labute approximate surface area is 138 Å². The van der Waals surface area contributed by atoms with E-state index in [-0.39, 0.29) is 24.0 Å². The monoisotopic (exact) mass is 316 g/mol. The number of amides is 1. The molecule has 0 spiro atoms. The van der Waals surface area contributed by atoms with Crippen LogP contribution in [0.1, 0.15) is 49.3 Å². The molecule has 4 heteroatoms. The Morgan fingerprint density at radius 1 is 1.26 bits per heavy atom. The van der Waals surface area contributed by atoms with E-state index in [1.54, 1.807) is 0 Å². The van der Waals surface area contributed by atoms with Gasteiger partial charge in [-0.15, -0.1) is 0 Å². The minimum atomic E-state index is 0.0930. The van der Waals surface area contributed by atoms with Gasteiger partial charge in [-0.2, -0.15) is 0 Å². The molecule has 3 N–H and O–H groups in total. The van der Waals surface area contributed by atoms with Gasteiger partial charge in [-0.1, -0.05) is 29.8 Å². The zero-order valence-electron chi connectivity index (χ0n) is 14.0. The predicted octanol–water partition coefficient (Wildman–Crippen LogP) is 2.71. The lowest BCUT2D eigenvalue weighted by molar-refractivity contribution is -0.125. The standard InChI is InChI=1S/C19H28N2O2/c1-13-4-6-14(7-5-13)18-16(3-2-10-23-18)12-21-19(22)15-8-9-17(20)11-15/h4-7,15-18H,2-3,8-12,20H2,1H3,(H,21,22). The molecule has 1 heterocycles. The first-order valence-corrected chi connectivity index (χ1v) is 8.85. The van der Waals surface area contributed by atoms with Crippen molar-refractivity contribution < 1.29 is 9.53 Å². The zero-order valence-corrected chi connectivity index (χ0v) is 14.0. The number of rotatable bonds is 4. The fourth-order valence-corrected chi connectivity index (χ4v) is 3.81. The van der Waals surface area contributed by atoms with Crippen molar-refractivity contribution in [1.82, 2.24) is 5.32 Å². The van der Waals surface area contributed by atoms with Gasteiger partial charge in [-0.3, -0.25) is 4.79 Å². The molecule has 4 nitrogen and oxygen atoms in total. The molecule has 0 bridgehead atoms. The summed E-state index contributed by atoms with van der Waals surface area (Å²) >= 11 is 0. The summed E-state index contributed by atoms with van der Waals surface area (Å²) in [6, 6.07) is 8.75. The molecule has 1 saturated heterocycles. The van der Waals surface area contributed by atoms with Crippen LogP contribution in [-0.2, 0) is 9.53 Å². The molecule has 2 fully saturated rings. The summed E-state index contributed by atoms with van der Waals surface area (Å²) in [4.78, 5) is 12.3. The topological polar surface area (TPSA) is 64.3 Å². The number of ether oxygens (including phenoxy) is 1. The van der Waals surface area contributed by atoms with E-state index in [1.807, 2.05) is 0 Å². The summed E-state index contributed by atoms with van der Waals surface area (Å²) in [6.45, 7) is 3.60. The highest BCUT2D eigenvalue weighted by atomic mass is 16.5. The summed E-state index contributed by atoms with van der Waals surface area (Å²) in [5, 5.41) is 3.15. The maximum Gasteiger partial charge on any atom is 0.223 e. The summed E-state index contributed by atoms with van der Waals surface area (Å²) in [5.74, 6) is 0.629. The summed E-state index contributed by atoms with van der Waals surface area (Å²) < 4.78 is 6.02. The minimum Gasteiger partial charge on any atom is -0.373 e. The smallest absolute Gasteiger partial charge is 0.223 e. The maximum atomic E-state index is 12.3. The molecule has 126 valence electrons. The van der Waals surface area contributed by atoms with Gasteiger partial charge in [-0.25, -0.2) is 0 Å². The third-order valence-corrected chi connectivity index (χ3v) is 5.23. The van der Waals surface area contributed by atoms with Gasteiger partial charge in [0.05, 0.1) is 6.10 Å². The van der Waals surface area contributed by atoms with Crippen molar-refractivity contribution in [2.45, 2.75) is 51.2 Å². The van der Waals surface area contributed by atoms with Crippen LogP contribution >= 0.6 is 0 Å². The maximum absolute atomic E-state index is 12.3. The summed E-state index contributed by atoms with van der Waals surface area (Å²) in [5.41, 5.74) is 8.39. The molecule has 0 aromatic heterocycles. The lowest BCUT2D eigenvalue weighted by Crippen LogP contribution is -2.37. The minimum absolute atomic E-state index is 0.0930. The first-order valence-electron chi connectivity index (χ1n) is 8.85. The van der Waals surface area contributed by atoms with Gasteiger partial charge in [0.25, 0.3) is 0 Å². The Morgan fingerprint density at radius 2 is 2.04 bits per heavy atom. The molecule has 1 aromatic rings. The third-order valence-electron chi connectivity index (χ3n) is 5.23. The molecule has 4 unspecified atom stereocenters. The normalized spacial score (nSPS) is 31.0. The van der Waals surface area contributed by atoms with Crippen LogP contribution in [0, 0.1) is 18.8 Å². The van der Waals surface area contributed by atoms with Gasteiger partial charge >= 0.3 is 0 Å². The molecule has 1 aliphatic heterocycles. The number of aryl methyl sites for hydroxylation is 1. The van der Waals surface area contributed by atoms with Crippen LogP contribution in [0.25, 0.3) is 0 Å². The molecule has 2 aliphatic rings. The second-order valence-corrected chi connectivity index (χ2v) is 7.12. The van der Waals surface area contributed by atoms with Crippen LogP contribution < -0.4 is 11.1 Å². The van der Waals surface area contributed by atoms with Crippen molar-refractivity contribution in [3.8, 4) is 0 Å². The highest BCUT2D eigenvalue weighted by molar-refractivity contribution is 5.79. The highest BCUT2D eigenvalue weighted by Gasteiger charge is 2.31. The van der Waals surface area contributed by atoms with Crippen LogP contribution in [0.3, 0.4) is 0 Å². The molecule has 0 radical (unpaired) electrons. The van der Waals surface area contributed by atoms with E-state index in [2.05, 4.69) is 36.5 Å².